The Hall–Kier alpha value is -2.62. The van der Waals surface area contributed by atoms with Crippen molar-refractivity contribution in [3.05, 3.63) is 60.2 Å². The van der Waals surface area contributed by atoms with Crippen LogP contribution in [0.5, 0.6) is 5.75 Å². The number of urea groups is 1. The number of benzene rings is 2. The first-order valence-electron chi connectivity index (χ1n) is 13.4. The molecule has 1 atom stereocenters. The molecular formula is C29H43N3O5S. The van der Waals surface area contributed by atoms with E-state index in [0.29, 0.717) is 25.3 Å². The molecule has 0 heterocycles. The number of aliphatic hydroxyl groups excluding tert-OH is 1. The van der Waals surface area contributed by atoms with Gasteiger partial charge in [-0.05, 0) is 75.8 Å². The van der Waals surface area contributed by atoms with Crippen LogP contribution < -0.4 is 10.1 Å². The molecule has 210 valence electrons. The average Bonchev–Trinajstić information content (AvgIpc) is 3.39. The summed E-state index contributed by atoms with van der Waals surface area (Å²) in [7, 11) is -2.32. The highest BCUT2D eigenvalue weighted by molar-refractivity contribution is 7.89. The molecule has 2 aromatic rings. The van der Waals surface area contributed by atoms with Gasteiger partial charge in [0.05, 0.1) is 18.1 Å². The van der Waals surface area contributed by atoms with E-state index >= 15 is 0 Å². The zero-order chi connectivity index (χ0) is 27.8. The van der Waals surface area contributed by atoms with E-state index in [1.54, 1.807) is 17.0 Å². The third-order valence-corrected chi connectivity index (χ3v) is 8.61. The minimum atomic E-state index is -3.85. The van der Waals surface area contributed by atoms with Crippen molar-refractivity contribution in [3.8, 4) is 5.75 Å². The minimum Gasteiger partial charge on any atom is -0.497 e. The van der Waals surface area contributed by atoms with Gasteiger partial charge in [0.15, 0.2) is 0 Å². The second-order valence-corrected chi connectivity index (χ2v) is 13.1. The molecule has 0 unspecified atom stereocenters. The van der Waals surface area contributed by atoms with Crippen molar-refractivity contribution in [2.45, 2.75) is 69.4 Å². The third-order valence-electron chi connectivity index (χ3n) is 6.76. The summed E-state index contributed by atoms with van der Waals surface area (Å²) in [5.74, 6) is 0.832. The number of carbonyl (C=O) groups excluding carboxylic acids is 1. The van der Waals surface area contributed by atoms with Crippen molar-refractivity contribution in [2.24, 2.45) is 5.92 Å². The fraction of sp³-hybridized carbons (Fsp3) is 0.552. The molecule has 2 amide bonds. The molecule has 2 aromatic carbocycles. The van der Waals surface area contributed by atoms with Gasteiger partial charge in [-0.3, -0.25) is 0 Å². The Morgan fingerprint density at radius 1 is 1.05 bits per heavy atom. The van der Waals surface area contributed by atoms with Crippen LogP contribution in [0.3, 0.4) is 0 Å². The van der Waals surface area contributed by atoms with Crippen LogP contribution in [0.25, 0.3) is 0 Å². The van der Waals surface area contributed by atoms with Crippen LogP contribution in [0.2, 0.25) is 0 Å². The third kappa shape index (κ3) is 8.99. The minimum absolute atomic E-state index is 0.0219. The molecule has 0 saturated heterocycles. The predicted octanol–water partition coefficient (Wildman–Crippen LogP) is 4.29. The number of hydrogen-bond acceptors (Lipinski definition) is 5. The van der Waals surface area contributed by atoms with E-state index in [1.165, 1.54) is 23.5 Å². The summed E-state index contributed by atoms with van der Waals surface area (Å²) >= 11 is 0. The number of nitrogens with zero attached hydrogens (tertiary/aromatic N) is 2. The number of methoxy groups -OCH3 is 1. The van der Waals surface area contributed by atoms with Gasteiger partial charge in [0, 0.05) is 31.7 Å². The Bertz CT molecular complexity index is 1110. The molecule has 3 rings (SSSR count). The molecule has 1 aliphatic carbocycles. The fourth-order valence-electron chi connectivity index (χ4n) is 4.78. The van der Waals surface area contributed by atoms with Crippen LogP contribution in [0.1, 0.15) is 52.0 Å². The lowest BCUT2D eigenvalue weighted by Crippen LogP contribution is -2.52. The fourth-order valence-corrected chi connectivity index (χ4v) is 6.33. The van der Waals surface area contributed by atoms with Crippen LogP contribution >= 0.6 is 0 Å². The average molecular weight is 546 g/mol. The number of carbonyl (C=O) groups is 1. The summed E-state index contributed by atoms with van der Waals surface area (Å²) in [5.41, 5.74) is 0.639. The van der Waals surface area contributed by atoms with Crippen LogP contribution in [-0.4, -0.2) is 73.7 Å². The van der Waals surface area contributed by atoms with Gasteiger partial charge < -0.3 is 20.1 Å². The van der Waals surface area contributed by atoms with Crippen molar-refractivity contribution in [1.29, 1.82) is 0 Å². The van der Waals surface area contributed by atoms with Crippen LogP contribution in [-0.2, 0) is 16.4 Å². The largest absolute Gasteiger partial charge is 0.497 e. The van der Waals surface area contributed by atoms with Gasteiger partial charge in [0.2, 0.25) is 10.0 Å². The van der Waals surface area contributed by atoms with Gasteiger partial charge >= 0.3 is 6.03 Å². The molecule has 0 aliphatic heterocycles. The predicted molar refractivity (Wildman–Crippen MR) is 150 cm³/mol. The van der Waals surface area contributed by atoms with Gasteiger partial charge in [-0.15, -0.1) is 0 Å². The van der Waals surface area contributed by atoms with E-state index in [9.17, 15) is 18.3 Å². The lowest BCUT2D eigenvalue weighted by atomic mass is 10.1. The molecule has 8 nitrogen and oxygen atoms in total. The Kier molecular flexibility index (Phi) is 10.6. The standard InChI is InChI=1S/C29H43N3O5S/c1-29(2,3)30-28(34)31(19-18-23-10-6-5-7-11-23)21-25(33)22-32(20-24-12-8-9-13-24)38(35,36)27-16-14-26(37-4)15-17-27/h5-7,10-11,14-17,24-25,33H,8-9,12-13,18-22H2,1-4H3,(H,30,34)/t25-/m0/s1. The molecule has 0 bridgehead atoms. The first kappa shape index (κ1) is 29.9. The highest BCUT2D eigenvalue weighted by Crippen LogP contribution is 2.28. The Labute approximate surface area is 228 Å². The van der Waals surface area contributed by atoms with Gasteiger partial charge in [-0.1, -0.05) is 43.2 Å². The summed E-state index contributed by atoms with van der Waals surface area (Å²) in [5, 5.41) is 14.1. The van der Waals surface area contributed by atoms with E-state index in [-0.39, 0.29) is 29.9 Å². The van der Waals surface area contributed by atoms with Gasteiger partial charge in [-0.2, -0.15) is 4.31 Å². The number of ether oxygens (including phenoxy) is 1. The van der Waals surface area contributed by atoms with Crippen molar-refractivity contribution in [1.82, 2.24) is 14.5 Å². The summed E-state index contributed by atoms with van der Waals surface area (Å²) in [6.07, 6.45) is 3.70. The van der Waals surface area contributed by atoms with Gasteiger partial charge in [0.1, 0.15) is 5.75 Å². The maximum atomic E-state index is 13.7. The maximum absolute atomic E-state index is 13.7. The van der Waals surface area contributed by atoms with Crippen molar-refractivity contribution >= 4 is 16.1 Å². The number of hydrogen-bond donors (Lipinski definition) is 2. The number of rotatable bonds is 12. The van der Waals surface area contributed by atoms with Crippen molar-refractivity contribution in [3.63, 3.8) is 0 Å². The maximum Gasteiger partial charge on any atom is 0.317 e. The SMILES string of the molecule is COc1ccc(S(=O)(=O)N(CC2CCCC2)C[C@@H](O)CN(CCc2ccccc2)C(=O)NC(C)(C)C)cc1. The molecule has 2 N–H and O–H groups in total. The number of aliphatic hydroxyl groups is 1. The van der Waals surface area contributed by atoms with Crippen LogP contribution in [0.15, 0.2) is 59.5 Å². The smallest absolute Gasteiger partial charge is 0.317 e. The molecule has 0 radical (unpaired) electrons. The Morgan fingerprint density at radius 3 is 2.26 bits per heavy atom. The topological polar surface area (TPSA) is 99.2 Å². The number of amides is 2. The summed E-state index contributed by atoms with van der Waals surface area (Å²) < 4.78 is 33.9. The number of nitrogens with one attached hydrogen (secondary N) is 1. The Balaban J connectivity index is 1.77. The molecule has 1 saturated carbocycles. The van der Waals surface area contributed by atoms with E-state index < -0.39 is 21.7 Å². The summed E-state index contributed by atoms with van der Waals surface area (Å²) in [6, 6.07) is 15.9. The zero-order valence-corrected chi connectivity index (χ0v) is 23.9. The Morgan fingerprint density at radius 2 is 1.68 bits per heavy atom. The van der Waals surface area contributed by atoms with Gasteiger partial charge in [0.25, 0.3) is 0 Å². The molecule has 1 fully saturated rings. The van der Waals surface area contributed by atoms with E-state index in [2.05, 4.69) is 5.32 Å². The molecule has 38 heavy (non-hydrogen) atoms. The van der Waals surface area contributed by atoms with Crippen molar-refractivity contribution in [2.75, 3.05) is 33.3 Å². The summed E-state index contributed by atoms with van der Waals surface area (Å²) in [6.45, 7) is 6.40. The molecular weight excluding hydrogens is 502 g/mol. The van der Waals surface area contributed by atoms with Crippen LogP contribution in [0.4, 0.5) is 4.79 Å². The molecule has 1 aliphatic rings. The quantitative estimate of drug-likeness (QED) is 0.415. The highest BCUT2D eigenvalue weighted by atomic mass is 32.2. The van der Waals surface area contributed by atoms with Gasteiger partial charge in [-0.25, -0.2) is 13.2 Å². The second kappa shape index (κ2) is 13.4. The monoisotopic (exact) mass is 545 g/mol. The number of sulfonamides is 1. The zero-order valence-electron chi connectivity index (χ0n) is 23.1. The summed E-state index contributed by atoms with van der Waals surface area (Å²) in [4.78, 5) is 14.9. The lowest BCUT2D eigenvalue weighted by Gasteiger charge is -2.32. The van der Waals surface area contributed by atoms with Crippen LogP contribution in [0, 0.1) is 5.92 Å². The first-order chi connectivity index (χ1) is 18.0. The molecule has 0 aromatic heterocycles. The highest BCUT2D eigenvalue weighted by Gasteiger charge is 2.31. The molecule has 0 spiro atoms. The van der Waals surface area contributed by atoms with E-state index in [1.807, 2.05) is 51.1 Å². The van der Waals surface area contributed by atoms with E-state index in [0.717, 1.165) is 31.2 Å². The molecule has 9 heteroatoms. The second-order valence-electron chi connectivity index (χ2n) is 11.2. The first-order valence-corrected chi connectivity index (χ1v) is 14.9. The lowest BCUT2D eigenvalue weighted by molar-refractivity contribution is 0.0988. The normalized spacial score (nSPS) is 15.4. The van der Waals surface area contributed by atoms with Crippen molar-refractivity contribution < 1.29 is 23.1 Å². The van der Waals surface area contributed by atoms with E-state index in [4.69, 9.17) is 4.74 Å².